The highest BCUT2D eigenvalue weighted by atomic mass is 32.2. The summed E-state index contributed by atoms with van der Waals surface area (Å²) in [6.45, 7) is 1.71. The molecule has 0 saturated heterocycles. The van der Waals surface area contributed by atoms with Crippen molar-refractivity contribution in [2.45, 2.75) is 24.3 Å². The molecule has 0 heterocycles. The molecule has 100 valence electrons. The van der Waals surface area contributed by atoms with Gasteiger partial charge in [-0.2, -0.15) is 0 Å². The first-order chi connectivity index (χ1) is 8.33. The maximum Gasteiger partial charge on any atom is 0.332 e. The van der Waals surface area contributed by atoms with Gasteiger partial charge in [0.05, 0.1) is 4.90 Å². The second-order valence-electron chi connectivity index (χ2n) is 3.85. The second-order valence-corrected chi connectivity index (χ2v) is 5.62. The van der Waals surface area contributed by atoms with Gasteiger partial charge in [0.25, 0.3) is 0 Å². The molecule has 0 aliphatic carbocycles. The third-order valence-electron chi connectivity index (χ3n) is 2.33. The number of benzene rings is 1. The number of carbonyl (C=O) groups is 1. The van der Waals surface area contributed by atoms with Crippen molar-refractivity contribution in [3.8, 4) is 0 Å². The van der Waals surface area contributed by atoms with Crippen LogP contribution in [0.3, 0.4) is 0 Å². The minimum atomic E-state index is -3.65. The minimum absolute atomic E-state index is 0.109. The number of aryl methyl sites for hydroxylation is 1. The lowest BCUT2D eigenvalue weighted by Gasteiger charge is -2.08. The van der Waals surface area contributed by atoms with E-state index in [1.165, 1.54) is 12.1 Å². The third kappa shape index (κ3) is 4.10. The normalized spacial score (nSPS) is 13.2. The SMILES string of the molecule is Cc1ccc(S(=O)(=O)NCCC(O)C(=O)O)cc1. The number of rotatable bonds is 6. The van der Waals surface area contributed by atoms with E-state index in [4.69, 9.17) is 10.2 Å². The fourth-order valence-corrected chi connectivity index (χ4v) is 2.30. The number of nitrogens with one attached hydrogen (secondary N) is 1. The van der Waals surface area contributed by atoms with Crippen LogP contribution in [0.5, 0.6) is 0 Å². The summed E-state index contributed by atoms with van der Waals surface area (Å²) in [6, 6.07) is 6.26. The topological polar surface area (TPSA) is 104 Å². The van der Waals surface area contributed by atoms with Crippen molar-refractivity contribution in [1.29, 1.82) is 0 Å². The number of aliphatic carboxylic acids is 1. The van der Waals surface area contributed by atoms with Crippen LogP contribution >= 0.6 is 0 Å². The molecule has 1 aromatic rings. The van der Waals surface area contributed by atoms with Crippen LogP contribution in [0.15, 0.2) is 29.2 Å². The highest BCUT2D eigenvalue weighted by molar-refractivity contribution is 7.89. The van der Waals surface area contributed by atoms with Gasteiger partial charge in [0.2, 0.25) is 10.0 Å². The van der Waals surface area contributed by atoms with Crippen molar-refractivity contribution in [3.05, 3.63) is 29.8 Å². The first-order valence-electron chi connectivity index (χ1n) is 5.30. The summed E-state index contributed by atoms with van der Waals surface area (Å²) in [7, 11) is -3.65. The Morgan fingerprint density at radius 3 is 2.39 bits per heavy atom. The molecule has 0 fully saturated rings. The average Bonchev–Trinajstić information content (AvgIpc) is 2.29. The summed E-state index contributed by atoms with van der Waals surface area (Å²) in [4.78, 5) is 10.4. The fraction of sp³-hybridized carbons (Fsp3) is 0.364. The van der Waals surface area contributed by atoms with Gasteiger partial charge in [-0.1, -0.05) is 17.7 Å². The molecule has 1 rings (SSSR count). The van der Waals surface area contributed by atoms with E-state index in [0.717, 1.165) is 5.56 Å². The number of carboxylic acids is 1. The Morgan fingerprint density at radius 1 is 1.33 bits per heavy atom. The van der Waals surface area contributed by atoms with Crippen LogP contribution in [0.4, 0.5) is 0 Å². The Kier molecular flexibility index (Phi) is 4.83. The highest BCUT2D eigenvalue weighted by Gasteiger charge is 2.16. The molecule has 0 bridgehead atoms. The van der Waals surface area contributed by atoms with E-state index >= 15 is 0 Å². The molecule has 18 heavy (non-hydrogen) atoms. The Balaban J connectivity index is 2.60. The molecule has 3 N–H and O–H groups in total. The lowest BCUT2D eigenvalue weighted by molar-refractivity contribution is -0.146. The number of sulfonamides is 1. The molecule has 0 radical (unpaired) electrons. The van der Waals surface area contributed by atoms with Gasteiger partial charge >= 0.3 is 5.97 Å². The number of aliphatic hydroxyl groups is 1. The van der Waals surface area contributed by atoms with Gasteiger partial charge in [-0.05, 0) is 25.5 Å². The largest absolute Gasteiger partial charge is 0.479 e. The van der Waals surface area contributed by atoms with E-state index in [2.05, 4.69) is 4.72 Å². The van der Waals surface area contributed by atoms with E-state index in [9.17, 15) is 13.2 Å². The van der Waals surface area contributed by atoms with Crippen molar-refractivity contribution >= 4 is 16.0 Å². The molecule has 0 aromatic heterocycles. The van der Waals surface area contributed by atoms with Crippen LogP contribution in [-0.4, -0.2) is 37.2 Å². The summed E-state index contributed by atoms with van der Waals surface area (Å²) in [5.41, 5.74) is 0.940. The van der Waals surface area contributed by atoms with E-state index < -0.39 is 22.1 Å². The Hall–Kier alpha value is -1.44. The zero-order chi connectivity index (χ0) is 13.8. The number of aliphatic hydroxyl groups excluding tert-OH is 1. The Bertz CT molecular complexity index is 509. The second kappa shape index (κ2) is 5.94. The van der Waals surface area contributed by atoms with Gasteiger partial charge in [-0.25, -0.2) is 17.9 Å². The first-order valence-corrected chi connectivity index (χ1v) is 6.78. The molecule has 1 unspecified atom stereocenters. The van der Waals surface area contributed by atoms with E-state index in [1.54, 1.807) is 12.1 Å². The van der Waals surface area contributed by atoms with Crippen molar-refractivity contribution in [3.63, 3.8) is 0 Å². The number of carboxylic acid groups (broad SMARTS) is 1. The van der Waals surface area contributed by atoms with Crippen molar-refractivity contribution in [1.82, 2.24) is 4.72 Å². The molecule has 0 spiro atoms. The van der Waals surface area contributed by atoms with Crippen LogP contribution in [0.2, 0.25) is 0 Å². The van der Waals surface area contributed by atoms with Crippen LogP contribution < -0.4 is 4.72 Å². The summed E-state index contributed by atoms with van der Waals surface area (Å²) >= 11 is 0. The molecular weight excluding hydrogens is 258 g/mol. The van der Waals surface area contributed by atoms with E-state index in [1.807, 2.05) is 6.92 Å². The number of hydrogen-bond acceptors (Lipinski definition) is 4. The van der Waals surface area contributed by atoms with Gasteiger partial charge in [0.1, 0.15) is 0 Å². The molecule has 7 heteroatoms. The fourth-order valence-electron chi connectivity index (χ4n) is 1.25. The van der Waals surface area contributed by atoms with Gasteiger partial charge < -0.3 is 10.2 Å². The standard InChI is InChI=1S/C11H15NO5S/c1-8-2-4-9(5-3-8)18(16,17)12-7-6-10(13)11(14)15/h2-5,10,12-13H,6-7H2,1H3,(H,14,15). The van der Waals surface area contributed by atoms with Crippen LogP contribution in [0.1, 0.15) is 12.0 Å². The lowest BCUT2D eigenvalue weighted by Crippen LogP contribution is -2.30. The Morgan fingerprint density at radius 2 is 1.89 bits per heavy atom. The van der Waals surface area contributed by atoms with Gasteiger partial charge in [0, 0.05) is 6.54 Å². The summed E-state index contributed by atoms with van der Waals surface area (Å²) in [5, 5.41) is 17.4. The Labute approximate surface area is 105 Å². The number of hydrogen-bond donors (Lipinski definition) is 3. The molecule has 1 aromatic carbocycles. The average molecular weight is 273 g/mol. The van der Waals surface area contributed by atoms with Gasteiger partial charge in [-0.15, -0.1) is 0 Å². The smallest absolute Gasteiger partial charge is 0.332 e. The maximum absolute atomic E-state index is 11.8. The maximum atomic E-state index is 11.8. The molecule has 0 aliphatic heterocycles. The van der Waals surface area contributed by atoms with Crippen molar-refractivity contribution in [2.24, 2.45) is 0 Å². The third-order valence-corrected chi connectivity index (χ3v) is 3.80. The van der Waals surface area contributed by atoms with Gasteiger partial charge in [0.15, 0.2) is 6.10 Å². The minimum Gasteiger partial charge on any atom is -0.479 e. The van der Waals surface area contributed by atoms with Crippen LogP contribution in [0.25, 0.3) is 0 Å². The molecule has 0 amide bonds. The van der Waals surface area contributed by atoms with E-state index in [-0.39, 0.29) is 17.9 Å². The quantitative estimate of drug-likeness (QED) is 0.682. The first kappa shape index (κ1) is 14.6. The van der Waals surface area contributed by atoms with Crippen LogP contribution in [0, 0.1) is 6.92 Å². The van der Waals surface area contributed by atoms with Gasteiger partial charge in [-0.3, -0.25) is 0 Å². The monoisotopic (exact) mass is 273 g/mol. The zero-order valence-corrected chi connectivity index (χ0v) is 10.6. The molecule has 1 atom stereocenters. The van der Waals surface area contributed by atoms with E-state index in [0.29, 0.717) is 0 Å². The van der Waals surface area contributed by atoms with Crippen molar-refractivity contribution < 1.29 is 23.4 Å². The lowest BCUT2D eigenvalue weighted by atomic mass is 10.2. The zero-order valence-electron chi connectivity index (χ0n) is 9.83. The summed E-state index contributed by atoms with van der Waals surface area (Å²) in [6.07, 6.45) is -1.74. The molecule has 0 saturated carbocycles. The highest BCUT2D eigenvalue weighted by Crippen LogP contribution is 2.09. The molecular formula is C11H15NO5S. The molecule has 6 nitrogen and oxygen atoms in total. The predicted molar refractivity (Wildman–Crippen MR) is 64.6 cm³/mol. The molecule has 0 aliphatic rings. The summed E-state index contributed by atoms with van der Waals surface area (Å²) in [5.74, 6) is -1.37. The summed E-state index contributed by atoms with van der Waals surface area (Å²) < 4.78 is 25.7. The van der Waals surface area contributed by atoms with Crippen LogP contribution in [-0.2, 0) is 14.8 Å². The van der Waals surface area contributed by atoms with Crippen molar-refractivity contribution in [2.75, 3.05) is 6.54 Å². The predicted octanol–water partition coefficient (Wildman–Crippen LogP) is 0.109.